The predicted molar refractivity (Wildman–Crippen MR) is 117 cm³/mol. The number of piperazine rings is 1. The number of amides is 1. The molecule has 1 aliphatic heterocycles. The molecule has 6 heteroatoms. The van der Waals surface area contributed by atoms with Crippen molar-refractivity contribution in [3.63, 3.8) is 0 Å². The fraction of sp³-hybridized carbons (Fsp3) is 0.261. The van der Waals surface area contributed by atoms with Crippen LogP contribution in [0.2, 0.25) is 5.02 Å². The van der Waals surface area contributed by atoms with Crippen LogP contribution in [0, 0.1) is 13.8 Å². The average Bonchev–Trinajstić information content (AvgIpc) is 2.73. The zero-order valence-corrected chi connectivity index (χ0v) is 17.4. The van der Waals surface area contributed by atoms with Gasteiger partial charge in [0.15, 0.2) is 5.82 Å². The number of aromatic nitrogens is 2. The van der Waals surface area contributed by atoms with Gasteiger partial charge in [-0.1, -0.05) is 41.4 Å². The van der Waals surface area contributed by atoms with Crippen molar-refractivity contribution in [1.29, 1.82) is 0 Å². The topological polar surface area (TPSA) is 49.3 Å². The highest BCUT2D eigenvalue weighted by Crippen LogP contribution is 2.22. The lowest BCUT2D eigenvalue weighted by atomic mass is 10.1. The number of anilines is 1. The number of hydrogen-bond donors (Lipinski definition) is 0. The summed E-state index contributed by atoms with van der Waals surface area (Å²) in [6, 6.07) is 17.3. The number of carbonyl (C=O) groups is 1. The Hall–Kier alpha value is -2.92. The van der Waals surface area contributed by atoms with Crippen LogP contribution in [0.15, 0.2) is 54.6 Å². The van der Waals surface area contributed by atoms with Crippen molar-refractivity contribution in [2.24, 2.45) is 0 Å². The zero-order valence-electron chi connectivity index (χ0n) is 16.6. The van der Waals surface area contributed by atoms with Crippen LogP contribution in [0.4, 0.5) is 5.82 Å². The summed E-state index contributed by atoms with van der Waals surface area (Å²) in [4.78, 5) is 26.3. The van der Waals surface area contributed by atoms with Crippen molar-refractivity contribution in [3.8, 4) is 11.4 Å². The molecular formula is C23H23ClN4O. The second kappa shape index (κ2) is 8.21. The monoisotopic (exact) mass is 406 g/mol. The Balaban J connectivity index is 1.49. The molecule has 1 amide bonds. The number of rotatable bonds is 3. The molecule has 1 aliphatic rings. The van der Waals surface area contributed by atoms with E-state index in [1.807, 2.05) is 42.2 Å². The third-order valence-electron chi connectivity index (χ3n) is 5.08. The number of benzene rings is 2. The molecule has 29 heavy (non-hydrogen) atoms. The van der Waals surface area contributed by atoms with E-state index in [1.54, 1.807) is 12.1 Å². The quantitative estimate of drug-likeness (QED) is 0.647. The van der Waals surface area contributed by atoms with E-state index in [0.29, 0.717) is 23.7 Å². The van der Waals surface area contributed by atoms with Crippen molar-refractivity contribution in [1.82, 2.24) is 14.9 Å². The first-order valence-electron chi connectivity index (χ1n) is 9.72. The van der Waals surface area contributed by atoms with Crippen LogP contribution in [0.5, 0.6) is 0 Å². The zero-order chi connectivity index (χ0) is 20.4. The van der Waals surface area contributed by atoms with Gasteiger partial charge in [-0.05, 0) is 38.1 Å². The minimum Gasteiger partial charge on any atom is -0.353 e. The molecule has 0 bridgehead atoms. The summed E-state index contributed by atoms with van der Waals surface area (Å²) >= 11 is 6.03. The maximum absolute atomic E-state index is 12.7. The number of halogens is 1. The average molecular weight is 407 g/mol. The first-order valence-corrected chi connectivity index (χ1v) is 10.1. The lowest BCUT2D eigenvalue weighted by Gasteiger charge is -2.35. The molecule has 1 fully saturated rings. The molecule has 0 N–H and O–H groups in total. The van der Waals surface area contributed by atoms with Crippen LogP contribution in [-0.2, 0) is 0 Å². The Kier molecular flexibility index (Phi) is 5.49. The normalized spacial score (nSPS) is 14.2. The number of nitrogens with zero attached hydrogens (tertiary/aromatic N) is 4. The Morgan fingerprint density at radius 1 is 0.931 bits per heavy atom. The van der Waals surface area contributed by atoms with Gasteiger partial charge < -0.3 is 9.80 Å². The maximum atomic E-state index is 12.7. The molecule has 148 valence electrons. The summed E-state index contributed by atoms with van der Waals surface area (Å²) in [6.45, 7) is 6.81. The first-order chi connectivity index (χ1) is 14.0. The van der Waals surface area contributed by atoms with Gasteiger partial charge in [0.05, 0.1) is 0 Å². The van der Waals surface area contributed by atoms with Crippen molar-refractivity contribution in [3.05, 3.63) is 76.4 Å². The minimum atomic E-state index is 0.0199. The third kappa shape index (κ3) is 4.40. The van der Waals surface area contributed by atoms with Crippen molar-refractivity contribution in [2.75, 3.05) is 31.1 Å². The summed E-state index contributed by atoms with van der Waals surface area (Å²) in [6.07, 6.45) is 0. The number of aryl methyl sites for hydroxylation is 2. The van der Waals surface area contributed by atoms with E-state index in [9.17, 15) is 4.79 Å². The van der Waals surface area contributed by atoms with E-state index >= 15 is 0 Å². The SMILES string of the molecule is Cc1cccc(-c2nc(C)cc(N3CCN(C(=O)c4cccc(Cl)c4)CC3)n2)c1. The summed E-state index contributed by atoms with van der Waals surface area (Å²) < 4.78 is 0. The van der Waals surface area contributed by atoms with E-state index < -0.39 is 0 Å². The van der Waals surface area contributed by atoms with Gasteiger partial charge in [-0.3, -0.25) is 4.79 Å². The van der Waals surface area contributed by atoms with Crippen molar-refractivity contribution < 1.29 is 4.79 Å². The van der Waals surface area contributed by atoms with E-state index in [4.69, 9.17) is 16.6 Å². The summed E-state index contributed by atoms with van der Waals surface area (Å²) in [7, 11) is 0. The maximum Gasteiger partial charge on any atom is 0.254 e. The van der Waals surface area contributed by atoms with Crippen LogP contribution in [0.1, 0.15) is 21.6 Å². The molecule has 0 atom stereocenters. The molecule has 4 rings (SSSR count). The minimum absolute atomic E-state index is 0.0199. The Morgan fingerprint density at radius 3 is 2.41 bits per heavy atom. The molecule has 2 heterocycles. The Morgan fingerprint density at radius 2 is 1.69 bits per heavy atom. The summed E-state index contributed by atoms with van der Waals surface area (Å²) in [5, 5.41) is 0.578. The van der Waals surface area contributed by atoms with Gasteiger partial charge in [0.25, 0.3) is 5.91 Å². The van der Waals surface area contributed by atoms with Crippen LogP contribution in [-0.4, -0.2) is 47.0 Å². The van der Waals surface area contributed by atoms with Crippen molar-refractivity contribution >= 4 is 23.3 Å². The van der Waals surface area contributed by atoms with Gasteiger partial charge in [-0.25, -0.2) is 9.97 Å². The lowest BCUT2D eigenvalue weighted by molar-refractivity contribution is 0.0746. The second-order valence-electron chi connectivity index (χ2n) is 7.35. The Bertz CT molecular complexity index is 1040. The highest BCUT2D eigenvalue weighted by molar-refractivity contribution is 6.30. The van der Waals surface area contributed by atoms with Crippen molar-refractivity contribution in [2.45, 2.75) is 13.8 Å². The highest BCUT2D eigenvalue weighted by Gasteiger charge is 2.23. The van der Waals surface area contributed by atoms with E-state index in [-0.39, 0.29) is 5.91 Å². The molecule has 1 aromatic heterocycles. The largest absolute Gasteiger partial charge is 0.353 e. The van der Waals surface area contributed by atoms with Gasteiger partial charge in [0.1, 0.15) is 5.82 Å². The second-order valence-corrected chi connectivity index (χ2v) is 7.79. The number of hydrogen-bond acceptors (Lipinski definition) is 4. The molecule has 0 unspecified atom stereocenters. The van der Waals surface area contributed by atoms with E-state index in [0.717, 1.165) is 36.0 Å². The molecule has 1 saturated heterocycles. The Labute approximate surface area is 176 Å². The van der Waals surface area contributed by atoms with E-state index in [2.05, 4.69) is 28.9 Å². The van der Waals surface area contributed by atoms with Gasteiger partial charge in [0.2, 0.25) is 0 Å². The molecule has 0 spiro atoms. The van der Waals surface area contributed by atoms with Crippen LogP contribution >= 0.6 is 11.6 Å². The van der Waals surface area contributed by atoms with Gasteiger partial charge in [-0.15, -0.1) is 0 Å². The highest BCUT2D eigenvalue weighted by atomic mass is 35.5. The van der Waals surface area contributed by atoms with Gasteiger partial charge in [0, 0.05) is 54.1 Å². The number of carbonyl (C=O) groups excluding carboxylic acids is 1. The lowest BCUT2D eigenvalue weighted by Crippen LogP contribution is -2.49. The first kappa shape index (κ1) is 19.4. The van der Waals surface area contributed by atoms with Gasteiger partial charge in [-0.2, -0.15) is 0 Å². The fourth-order valence-electron chi connectivity index (χ4n) is 3.57. The molecule has 0 radical (unpaired) electrons. The van der Waals surface area contributed by atoms with Gasteiger partial charge >= 0.3 is 0 Å². The van der Waals surface area contributed by atoms with Crippen LogP contribution in [0.25, 0.3) is 11.4 Å². The van der Waals surface area contributed by atoms with Crippen LogP contribution < -0.4 is 4.90 Å². The molecule has 0 aliphatic carbocycles. The van der Waals surface area contributed by atoms with Crippen LogP contribution in [0.3, 0.4) is 0 Å². The summed E-state index contributed by atoms with van der Waals surface area (Å²) in [5.74, 6) is 1.66. The summed E-state index contributed by atoms with van der Waals surface area (Å²) in [5.41, 5.74) is 3.77. The predicted octanol–water partition coefficient (Wildman–Crippen LogP) is 4.38. The third-order valence-corrected chi connectivity index (χ3v) is 5.31. The molecule has 3 aromatic rings. The smallest absolute Gasteiger partial charge is 0.254 e. The fourth-order valence-corrected chi connectivity index (χ4v) is 3.76. The molecule has 0 saturated carbocycles. The molecule has 2 aromatic carbocycles. The molecule has 5 nitrogen and oxygen atoms in total. The molecular weight excluding hydrogens is 384 g/mol. The standard InChI is InChI=1S/C23H23ClN4O/c1-16-5-3-6-18(13-16)22-25-17(2)14-21(26-22)27-9-11-28(12-10-27)23(29)19-7-4-8-20(24)15-19/h3-8,13-15H,9-12H2,1-2H3. The van der Waals surface area contributed by atoms with E-state index in [1.165, 1.54) is 5.56 Å².